The number of aliphatic hydroxyl groups excluding tert-OH is 1. The first kappa shape index (κ1) is 16.3. The number of nitrogens with zero attached hydrogens (tertiary/aromatic N) is 2. The van der Waals surface area contributed by atoms with Gasteiger partial charge < -0.3 is 19.8 Å². The quantitative estimate of drug-likeness (QED) is 0.817. The lowest BCUT2D eigenvalue weighted by Gasteiger charge is -2.24. The van der Waals surface area contributed by atoms with E-state index in [4.69, 9.17) is 9.84 Å². The molecule has 0 unspecified atom stereocenters. The predicted octanol–water partition coefficient (Wildman–Crippen LogP) is 0.385. The van der Waals surface area contributed by atoms with Gasteiger partial charge in [0.15, 0.2) is 0 Å². The van der Waals surface area contributed by atoms with E-state index < -0.39 is 24.2 Å². The molecule has 1 aliphatic heterocycles. The van der Waals surface area contributed by atoms with Crippen molar-refractivity contribution >= 4 is 12.1 Å². The molecule has 2 rings (SSSR count). The summed E-state index contributed by atoms with van der Waals surface area (Å²) in [4.78, 5) is 25.7. The molecule has 7 heteroatoms. The number of hydrogen-bond acceptors (Lipinski definition) is 5. The zero-order chi connectivity index (χ0) is 16.1. The number of likely N-dealkylation sites (N-methyl/N-ethyl adjacent to an activating group) is 1. The Morgan fingerprint density at radius 3 is 2.64 bits per heavy atom. The number of carbonyl (C=O) groups excluding carboxylic acids is 1. The number of carboxylic acids is 1. The zero-order valence-corrected chi connectivity index (χ0v) is 12.4. The number of carboxylic acid groups (broad SMARTS) is 1. The van der Waals surface area contributed by atoms with Crippen molar-refractivity contribution in [3.8, 4) is 0 Å². The molecule has 0 saturated carbocycles. The highest BCUT2D eigenvalue weighted by molar-refractivity contribution is 5.69. The number of β-amino-alcohol motifs (C(OH)–C–C–N with tert-alkyl or cyclic N) is 1. The first-order valence-corrected chi connectivity index (χ1v) is 7.03. The number of benzene rings is 1. The number of carbonyl (C=O) groups is 2. The minimum absolute atomic E-state index is 0.141. The van der Waals surface area contributed by atoms with E-state index in [0.717, 1.165) is 5.56 Å². The third-order valence-corrected chi connectivity index (χ3v) is 3.67. The van der Waals surface area contributed by atoms with Gasteiger partial charge in [0.2, 0.25) is 0 Å². The van der Waals surface area contributed by atoms with E-state index in [1.54, 1.807) is 7.05 Å². The first-order valence-electron chi connectivity index (χ1n) is 7.03. The smallest absolute Gasteiger partial charge is 0.410 e. The van der Waals surface area contributed by atoms with Gasteiger partial charge >= 0.3 is 12.1 Å². The summed E-state index contributed by atoms with van der Waals surface area (Å²) in [6.07, 6.45) is -1.29. The highest BCUT2D eigenvalue weighted by Gasteiger charge is 2.37. The van der Waals surface area contributed by atoms with Crippen LogP contribution < -0.4 is 0 Å². The minimum atomic E-state index is -0.972. The number of ether oxygens (including phenoxy) is 1. The van der Waals surface area contributed by atoms with E-state index in [9.17, 15) is 14.7 Å². The van der Waals surface area contributed by atoms with Crippen LogP contribution in [-0.2, 0) is 16.1 Å². The monoisotopic (exact) mass is 308 g/mol. The Morgan fingerprint density at radius 2 is 2.00 bits per heavy atom. The fourth-order valence-electron chi connectivity index (χ4n) is 2.49. The summed E-state index contributed by atoms with van der Waals surface area (Å²) in [5.41, 5.74) is 0.884. The van der Waals surface area contributed by atoms with Crippen molar-refractivity contribution in [3.05, 3.63) is 35.9 Å². The first-order chi connectivity index (χ1) is 10.5. The average Bonchev–Trinajstić information content (AvgIpc) is 2.87. The molecule has 22 heavy (non-hydrogen) atoms. The number of amides is 1. The number of aliphatic hydroxyl groups is 1. The fourth-order valence-corrected chi connectivity index (χ4v) is 2.49. The number of likely N-dealkylation sites (tertiary alicyclic amines) is 1. The van der Waals surface area contributed by atoms with Crippen molar-refractivity contribution in [2.24, 2.45) is 0 Å². The van der Waals surface area contributed by atoms with Crippen LogP contribution in [0.1, 0.15) is 5.56 Å². The molecule has 1 fully saturated rings. The van der Waals surface area contributed by atoms with E-state index in [1.165, 1.54) is 9.80 Å². The summed E-state index contributed by atoms with van der Waals surface area (Å²) in [6.45, 7) is 0.372. The molecule has 1 saturated heterocycles. The van der Waals surface area contributed by atoms with Gasteiger partial charge in [0, 0.05) is 6.54 Å². The van der Waals surface area contributed by atoms with Gasteiger partial charge in [-0.15, -0.1) is 0 Å². The lowest BCUT2D eigenvalue weighted by molar-refractivity contribution is -0.138. The van der Waals surface area contributed by atoms with E-state index in [-0.39, 0.29) is 26.2 Å². The molecule has 2 N–H and O–H groups in total. The molecular formula is C15H20N2O5. The molecule has 2 atom stereocenters. The third-order valence-electron chi connectivity index (χ3n) is 3.67. The molecule has 1 aliphatic rings. The van der Waals surface area contributed by atoms with Crippen LogP contribution in [0.25, 0.3) is 0 Å². The van der Waals surface area contributed by atoms with Gasteiger partial charge in [0.05, 0.1) is 25.2 Å². The van der Waals surface area contributed by atoms with Gasteiger partial charge in [0.1, 0.15) is 6.61 Å². The van der Waals surface area contributed by atoms with E-state index in [2.05, 4.69) is 0 Å². The van der Waals surface area contributed by atoms with Crippen LogP contribution in [0.5, 0.6) is 0 Å². The maximum Gasteiger partial charge on any atom is 0.410 e. The van der Waals surface area contributed by atoms with Crippen LogP contribution in [0, 0.1) is 0 Å². The molecular weight excluding hydrogens is 288 g/mol. The lowest BCUT2D eigenvalue weighted by Crippen LogP contribution is -2.43. The Bertz CT molecular complexity index is 522. The third kappa shape index (κ3) is 4.19. The van der Waals surface area contributed by atoms with Gasteiger partial charge in [-0.25, -0.2) is 4.79 Å². The average molecular weight is 308 g/mol. The second-order valence-electron chi connectivity index (χ2n) is 5.39. The molecule has 0 radical (unpaired) electrons. The van der Waals surface area contributed by atoms with Crippen LogP contribution >= 0.6 is 0 Å². The van der Waals surface area contributed by atoms with E-state index in [0.29, 0.717) is 0 Å². The molecule has 1 heterocycles. The van der Waals surface area contributed by atoms with E-state index >= 15 is 0 Å². The molecule has 7 nitrogen and oxygen atoms in total. The maximum absolute atomic E-state index is 12.0. The van der Waals surface area contributed by atoms with Crippen LogP contribution in [0.4, 0.5) is 4.79 Å². The van der Waals surface area contributed by atoms with Gasteiger partial charge in [-0.3, -0.25) is 9.69 Å². The second kappa shape index (κ2) is 7.24. The minimum Gasteiger partial charge on any atom is -0.480 e. The Labute approximate surface area is 128 Å². The number of hydrogen-bond donors (Lipinski definition) is 2. The molecule has 0 bridgehead atoms. The number of aliphatic carboxylic acids is 1. The summed E-state index contributed by atoms with van der Waals surface area (Å²) in [5, 5.41) is 18.8. The highest BCUT2D eigenvalue weighted by Crippen LogP contribution is 2.16. The SMILES string of the molecule is CN(CC(=O)O)[C@@H]1CN(C(=O)OCc2ccccc2)C[C@H]1O. The largest absolute Gasteiger partial charge is 0.480 e. The summed E-state index contributed by atoms with van der Waals surface area (Å²) >= 11 is 0. The van der Waals surface area contributed by atoms with Crippen LogP contribution in [-0.4, -0.2) is 70.9 Å². The summed E-state index contributed by atoms with van der Waals surface area (Å²) in [5.74, 6) is -0.972. The Hall–Kier alpha value is -2.12. The zero-order valence-electron chi connectivity index (χ0n) is 12.4. The van der Waals surface area contributed by atoms with Crippen LogP contribution in [0.2, 0.25) is 0 Å². The van der Waals surface area contributed by atoms with Crippen LogP contribution in [0.3, 0.4) is 0 Å². The summed E-state index contributed by atoms with van der Waals surface area (Å²) < 4.78 is 5.21. The van der Waals surface area contributed by atoms with Crippen molar-refractivity contribution in [2.45, 2.75) is 18.8 Å². The topological polar surface area (TPSA) is 90.3 Å². The fraction of sp³-hybridized carbons (Fsp3) is 0.467. The maximum atomic E-state index is 12.0. The Balaban J connectivity index is 1.85. The molecule has 0 aliphatic carbocycles. The van der Waals surface area contributed by atoms with Gasteiger partial charge in [-0.2, -0.15) is 0 Å². The normalized spacial score (nSPS) is 21.1. The molecule has 0 spiro atoms. The standard InChI is InChI=1S/C15H20N2O5/c1-16(9-14(19)20)12-7-17(8-13(12)18)15(21)22-10-11-5-3-2-4-6-11/h2-6,12-13,18H,7-10H2,1H3,(H,19,20)/t12-,13-/m1/s1. The Kier molecular flexibility index (Phi) is 5.35. The van der Waals surface area contributed by atoms with Gasteiger partial charge in [-0.1, -0.05) is 30.3 Å². The second-order valence-corrected chi connectivity index (χ2v) is 5.39. The summed E-state index contributed by atoms with van der Waals surface area (Å²) in [7, 11) is 1.61. The summed E-state index contributed by atoms with van der Waals surface area (Å²) in [6, 6.07) is 8.91. The molecule has 120 valence electrons. The van der Waals surface area contributed by atoms with Crippen molar-refractivity contribution in [2.75, 3.05) is 26.7 Å². The van der Waals surface area contributed by atoms with Crippen LogP contribution in [0.15, 0.2) is 30.3 Å². The lowest BCUT2D eigenvalue weighted by atomic mass is 10.2. The van der Waals surface area contributed by atoms with E-state index in [1.807, 2.05) is 30.3 Å². The Morgan fingerprint density at radius 1 is 1.32 bits per heavy atom. The van der Waals surface area contributed by atoms with Crippen molar-refractivity contribution in [1.29, 1.82) is 0 Å². The van der Waals surface area contributed by atoms with Crippen molar-refractivity contribution in [3.63, 3.8) is 0 Å². The predicted molar refractivity (Wildman–Crippen MR) is 78.3 cm³/mol. The van der Waals surface area contributed by atoms with Crippen molar-refractivity contribution < 1.29 is 24.5 Å². The van der Waals surface area contributed by atoms with Crippen molar-refractivity contribution in [1.82, 2.24) is 9.80 Å². The molecule has 1 aromatic carbocycles. The molecule has 1 aromatic rings. The molecule has 0 aromatic heterocycles. The highest BCUT2D eigenvalue weighted by atomic mass is 16.6. The molecule has 1 amide bonds. The number of rotatable bonds is 5. The van der Waals surface area contributed by atoms with Gasteiger partial charge in [-0.05, 0) is 12.6 Å². The van der Waals surface area contributed by atoms with Gasteiger partial charge in [0.25, 0.3) is 0 Å².